The zero-order valence-corrected chi connectivity index (χ0v) is 16.5. The number of nitrogens with one attached hydrogen (secondary N) is 1. The van der Waals surface area contributed by atoms with E-state index in [0.29, 0.717) is 25.7 Å². The minimum atomic E-state index is -1.82. The Balaban J connectivity index is 0.000000972. The van der Waals surface area contributed by atoms with Crippen molar-refractivity contribution in [3.05, 3.63) is 29.3 Å². The highest BCUT2D eigenvalue weighted by Crippen LogP contribution is 2.22. The number of hydrogen-bond donors (Lipinski definition) is 3. The summed E-state index contributed by atoms with van der Waals surface area (Å²) >= 11 is 0. The third-order valence-corrected chi connectivity index (χ3v) is 3.33. The quantitative estimate of drug-likeness (QED) is 0.391. The van der Waals surface area contributed by atoms with Crippen LogP contribution in [0.2, 0.25) is 0 Å². The van der Waals surface area contributed by atoms with Gasteiger partial charge in [-0.1, -0.05) is 19.9 Å². The topological polar surface area (TPSA) is 114 Å². The van der Waals surface area contributed by atoms with E-state index < -0.39 is 11.9 Å². The summed E-state index contributed by atoms with van der Waals surface area (Å²) in [5.74, 6) is -2.20. The molecular formula is C19H31NO7. The predicted octanol–water partition coefficient (Wildman–Crippen LogP) is 1.91. The van der Waals surface area contributed by atoms with Gasteiger partial charge >= 0.3 is 11.9 Å². The molecule has 0 fully saturated rings. The fraction of sp³-hybridized carbons (Fsp3) is 0.579. The van der Waals surface area contributed by atoms with Crippen molar-refractivity contribution in [1.29, 1.82) is 0 Å². The molecule has 0 spiro atoms. The second kappa shape index (κ2) is 15.0. The molecule has 0 aliphatic heterocycles. The van der Waals surface area contributed by atoms with Crippen LogP contribution >= 0.6 is 0 Å². The number of benzene rings is 1. The van der Waals surface area contributed by atoms with Crippen LogP contribution in [0.4, 0.5) is 0 Å². The first-order valence-electron chi connectivity index (χ1n) is 8.76. The molecule has 0 bridgehead atoms. The number of aryl methyl sites for hydroxylation is 1. The van der Waals surface area contributed by atoms with E-state index in [2.05, 4.69) is 44.3 Å². The summed E-state index contributed by atoms with van der Waals surface area (Å²) in [5, 5.41) is 18.0. The number of hydrogen-bond acceptors (Lipinski definition) is 6. The predicted molar refractivity (Wildman–Crippen MR) is 102 cm³/mol. The molecule has 0 saturated carbocycles. The molecule has 8 nitrogen and oxygen atoms in total. The van der Waals surface area contributed by atoms with Gasteiger partial charge in [-0.3, -0.25) is 0 Å². The van der Waals surface area contributed by atoms with Gasteiger partial charge < -0.3 is 29.7 Å². The first kappa shape index (κ1) is 24.8. The van der Waals surface area contributed by atoms with E-state index in [9.17, 15) is 0 Å². The minimum absolute atomic E-state index is 0.515. The maximum absolute atomic E-state index is 9.10. The van der Waals surface area contributed by atoms with Crippen LogP contribution < -0.4 is 10.1 Å². The Morgan fingerprint density at radius 2 is 1.63 bits per heavy atom. The van der Waals surface area contributed by atoms with Gasteiger partial charge in [-0.05, 0) is 36.1 Å². The molecule has 0 atom stereocenters. The number of carbonyl (C=O) groups is 2. The third kappa shape index (κ3) is 13.7. The summed E-state index contributed by atoms with van der Waals surface area (Å²) in [6.07, 6.45) is 0. The average Bonchev–Trinajstić information content (AvgIpc) is 2.60. The molecule has 0 unspecified atom stereocenters. The summed E-state index contributed by atoms with van der Waals surface area (Å²) < 4.78 is 16.2. The van der Waals surface area contributed by atoms with E-state index in [1.54, 1.807) is 7.11 Å². The van der Waals surface area contributed by atoms with E-state index in [-0.39, 0.29) is 0 Å². The average molecular weight is 385 g/mol. The molecule has 1 aromatic rings. The smallest absolute Gasteiger partial charge is 0.414 e. The first-order chi connectivity index (χ1) is 12.8. The Morgan fingerprint density at radius 3 is 2.19 bits per heavy atom. The molecule has 0 aliphatic carbocycles. The summed E-state index contributed by atoms with van der Waals surface area (Å²) in [6.45, 7) is 10.8. The minimum Gasteiger partial charge on any atom is -0.491 e. The molecule has 0 radical (unpaired) electrons. The van der Waals surface area contributed by atoms with Gasteiger partial charge in [-0.2, -0.15) is 0 Å². The standard InChI is InChI=1S/C17H29NO3.C2H2O4/c1-14(2)16-11-15(3)12-17(13-16)21-10-9-20-8-6-18-5-7-19-4;3-1(4)2(5)6/h11-14,18H,5-10H2,1-4H3;(H,3,4)(H,5,6). The Labute approximate surface area is 160 Å². The lowest BCUT2D eigenvalue weighted by Gasteiger charge is -2.12. The van der Waals surface area contributed by atoms with Crippen LogP contribution in [0.3, 0.4) is 0 Å². The molecule has 0 aliphatic rings. The van der Waals surface area contributed by atoms with Gasteiger partial charge in [0.25, 0.3) is 0 Å². The van der Waals surface area contributed by atoms with Gasteiger partial charge in [0.05, 0.1) is 19.8 Å². The molecule has 1 rings (SSSR count). The van der Waals surface area contributed by atoms with Crippen molar-refractivity contribution in [3.63, 3.8) is 0 Å². The van der Waals surface area contributed by atoms with Crippen LogP contribution in [0, 0.1) is 6.92 Å². The van der Waals surface area contributed by atoms with Crippen molar-refractivity contribution in [2.75, 3.05) is 46.6 Å². The largest absolute Gasteiger partial charge is 0.491 e. The Kier molecular flexibility index (Phi) is 13.8. The Hall–Kier alpha value is -2.16. The highest BCUT2D eigenvalue weighted by molar-refractivity contribution is 6.27. The zero-order valence-electron chi connectivity index (χ0n) is 16.5. The summed E-state index contributed by atoms with van der Waals surface area (Å²) in [7, 11) is 1.70. The molecule has 1 aromatic carbocycles. The van der Waals surface area contributed by atoms with Crippen LogP contribution in [0.1, 0.15) is 30.9 Å². The van der Waals surface area contributed by atoms with Crippen LogP contribution in [-0.2, 0) is 19.1 Å². The van der Waals surface area contributed by atoms with Crippen molar-refractivity contribution in [2.24, 2.45) is 0 Å². The van der Waals surface area contributed by atoms with Crippen LogP contribution in [0.15, 0.2) is 18.2 Å². The normalized spacial score (nSPS) is 10.3. The molecule has 0 heterocycles. The maximum atomic E-state index is 9.10. The molecule has 27 heavy (non-hydrogen) atoms. The van der Waals surface area contributed by atoms with Crippen molar-refractivity contribution >= 4 is 11.9 Å². The van der Waals surface area contributed by atoms with Crippen molar-refractivity contribution in [3.8, 4) is 5.75 Å². The Bertz CT molecular complexity index is 549. The molecule has 154 valence electrons. The highest BCUT2D eigenvalue weighted by atomic mass is 16.5. The van der Waals surface area contributed by atoms with Gasteiger partial charge in [0, 0.05) is 20.2 Å². The summed E-state index contributed by atoms with van der Waals surface area (Å²) in [6, 6.07) is 6.39. The fourth-order valence-electron chi connectivity index (χ4n) is 1.96. The van der Waals surface area contributed by atoms with E-state index in [1.165, 1.54) is 11.1 Å². The molecule has 0 saturated heterocycles. The summed E-state index contributed by atoms with van der Waals surface area (Å²) in [4.78, 5) is 18.2. The maximum Gasteiger partial charge on any atom is 0.414 e. The van der Waals surface area contributed by atoms with E-state index in [1.807, 2.05) is 0 Å². The third-order valence-electron chi connectivity index (χ3n) is 3.33. The lowest BCUT2D eigenvalue weighted by molar-refractivity contribution is -0.159. The SMILES string of the molecule is COCCNCCOCCOc1cc(C)cc(C(C)C)c1.O=C(O)C(=O)O. The number of aliphatic carboxylic acids is 2. The lowest BCUT2D eigenvalue weighted by atomic mass is 10.0. The van der Waals surface area contributed by atoms with Crippen LogP contribution in [-0.4, -0.2) is 68.8 Å². The first-order valence-corrected chi connectivity index (χ1v) is 8.76. The van der Waals surface area contributed by atoms with Crippen molar-refractivity contribution in [1.82, 2.24) is 5.32 Å². The van der Waals surface area contributed by atoms with E-state index >= 15 is 0 Å². The number of ether oxygens (including phenoxy) is 3. The number of methoxy groups -OCH3 is 1. The van der Waals surface area contributed by atoms with Crippen LogP contribution in [0.25, 0.3) is 0 Å². The van der Waals surface area contributed by atoms with Gasteiger partial charge in [0.2, 0.25) is 0 Å². The van der Waals surface area contributed by atoms with Crippen molar-refractivity contribution in [2.45, 2.75) is 26.7 Å². The monoisotopic (exact) mass is 385 g/mol. The van der Waals surface area contributed by atoms with Gasteiger partial charge in [0.15, 0.2) is 0 Å². The van der Waals surface area contributed by atoms with Crippen LogP contribution in [0.5, 0.6) is 5.75 Å². The fourth-order valence-corrected chi connectivity index (χ4v) is 1.96. The summed E-state index contributed by atoms with van der Waals surface area (Å²) in [5.41, 5.74) is 2.55. The highest BCUT2D eigenvalue weighted by Gasteiger charge is 2.04. The van der Waals surface area contributed by atoms with Gasteiger partial charge in [0.1, 0.15) is 12.4 Å². The van der Waals surface area contributed by atoms with Gasteiger partial charge in [-0.15, -0.1) is 0 Å². The number of carboxylic acids is 2. The zero-order chi connectivity index (χ0) is 20.7. The number of carboxylic acid groups (broad SMARTS) is 2. The second-order valence-corrected chi connectivity index (χ2v) is 6.05. The molecule has 3 N–H and O–H groups in total. The Morgan fingerprint density at radius 1 is 1.00 bits per heavy atom. The number of rotatable bonds is 11. The molecule has 8 heteroatoms. The van der Waals surface area contributed by atoms with E-state index in [0.717, 1.165) is 25.4 Å². The molecule has 0 amide bonds. The molecular weight excluding hydrogens is 354 g/mol. The van der Waals surface area contributed by atoms with Crippen molar-refractivity contribution < 1.29 is 34.0 Å². The molecule has 0 aromatic heterocycles. The second-order valence-electron chi connectivity index (χ2n) is 6.05. The lowest BCUT2D eigenvalue weighted by Crippen LogP contribution is -2.24. The van der Waals surface area contributed by atoms with Gasteiger partial charge in [-0.25, -0.2) is 9.59 Å². The van der Waals surface area contributed by atoms with E-state index in [4.69, 9.17) is 34.0 Å².